The molecule has 0 aliphatic carbocycles. The number of piperidine rings is 1. The van der Waals surface area contributed by atoms with Gasteiger partial charge in [0, 0.05) is 29.6 Å². The number of aromatic nitrogens is 2. The summed E-state index contributed by atoms with van der Waals surface area (Å²) < 4.78 is 2.27. The smallest absolute Gasteiger partial charge is 0.236 e. The highest BCUT2D eigenvalue weighted by Gasteiger charge is 2.29. The Labute approximate surface area is 141 Å². The zero-order valence-electron chi connectivity index (χ0n) is 14.7. The Kier molecular flexibility index (Phi) is 4.47. The Bertz CT molecular complexity index is 731. The van der Waals surface area contributed by atoms with E-state index in [4.69, 9.17) is 4.98 Å². The molecule has 1 aliphatic heterocycles. The summed E-state index contributed by atoms with van der Waals surface area (Å²) in [5, 5.41) is 0. The molecule has 0 spiro atoms. The van der Waals surface area contributed by atoms with Gasteiger partial charge in [-0.1, -0.05) is 0 Å². The molecule has 1 fully saturated rings. The number of rotatable bonds is 3. The van der Waals surface area contributed by atoms with E-state index in [1.807, 2.05) is 35.2 Å². The van der Waals surface area contributed by atoms with Crippen molar-refractivity contribution in [2.45, 2.75) is 39.5 Å². The number of amides is 1. The van der Waals surface area contributed by atoms with Crippen LogP contribution in [0.5, 0.6) is 0 Å². The van der Waals surface area contributed by atoms with E-state index in [1.165, 1.54) is 21.1 Å². The van der Waals surface area contributed by atoms with Crippen molar-refractivity contribution in [1.82, 2.24) is 19.2 Å². The highest BCUT2D eigenvalue weighted by atomic mass is 32.1. The number of hydrogen-bond acceptors (Lipinski definition) is 4. The van der Waals surface area contributed by atoms with Crippen LogP contribution in [0, 0.1) is 20.8 Å². The van der Waals surface area contributed by atoms with Crippen LogP contribution in [0.25, 0.3) is 4.83 Å². The Hall–Kier alpha value is -1.40. The number of aryl methyl sites for hydroxylation is 3. The van der Waals surface area contributed by atoms with Crippen LogP contribution in [0.1, 0.15) is 40.8 Å². The third kappa shape index (κ3) is 3.02. The van der Waals surface area contributed by atoms with E-state index in [-0.39, 0.29) is 5.91 Å². The van der Waals surface area contributed by atoms with Crippen molar-refractivity contribution >= 4 is 22.1 Å². The third-order valence-electron chi connectivity index (χ3n) is 4.74. The number of likely N-dealkylation sites (tertiary alicyclic amines) is 1. The monoisotopic (exact) mass is 334 g/mol. The number of hydrogen-bond donors (Lipinski definition) is 0. The van der Waals surface area contributed by atoms with E-state index in [2.05, 4.69) is 25.2 Å². The SMILES string of the molecule is Cc1sc2c(C3CCCN(C(=O)CN(C)C)C3)nc(C)n2c1C. The molecule has 6 heteroatoms. The first-order valence-electron chi connectivity index (χ1n) is 8.26. The van der Waals surface area contributed by atoms with Crippen LogP contribution < -0.4 is 0 Å². The first-order chi connectivity index (χ1) is 10.9. The van der Waals surface area contributed by atoms with Gasteiger partial charge in [-0.15, -0.1) is 11.3 Å². The summed E-state index contributed by atoms with van der Waals surface area (Å²) in [6.45, 7) is 8.57. The fourth-order valence-corrected chi connectivity index (χ4v) is 4.67. The van der Waals surface area contributed by atoms with E-state index in [0.29, 0.717) is 12.5 Å². The quantitative estimate of drug-likeness (QED) is 0.866. The number of fused-ring (bicyclic) bond motifs is 1. The molecule has 5 nitrogen and oxygen atoms in total. The minimum Gasteiger partial charge on any atom is -0.341 e. The van der Waals surface area contributed by atoms with Gasteiger partial charge >= 0.3 is 0 Å². The van der Waals surface area contributed by atoms with Crippen molar-refractivity contribution in [3.05, 3.63) is 22.1 Å². The predicted molar refractivity (Wildman–Crippen MR) is 94.4 cm³/mol. The van der Waals surface area contributed by atoms with E-state index in [0.717, 1.165) is 31.8 Å². The summed E-state index contributed by atoms with van der Waals surface area (Å²) in [6, 6.07) is 0. The second-order valence-electron chi connectivity index (χ2n) is 6.85. The molecule has 0 N–H and O–H groups in total. The first-order valence-corrected chi connectivity index (χ1v) is 9.07. The average Bonchev–Trinajstić information content (AvgIpc) is 2.97. The standard InChI is InChI=1S/C17H26N4OS/c1-11-12(2)23-17-16(18-13(3)21(11)17)14-7-6-8-20(9-14)15(22)10-19(4)5/h14H,6-10H2,1-5H3. The topological polar surface area (TPSA) is 40.9 Å². The van der Waals surface area contributed by atoms with Crippen molar-refractivity contribution in [3.63, 3.8) is 0 Å². The van der Waals surface area contributed by atoms with Crippen LogP contribution >= 0.6 is 11.3 Å². The fourth-order valence-electron chi connectivity index (χ4n) is 3.47. The maximum Gasteiger partial charge on any atom is 0.236 e. The van der Waals surface area contributed by atoms with Gasteiger partial charge in [0.2, 0.25) is 5.91 Å². The zero-order valence-corrected chi connectivity index (χ0v) is 15.5. The van der Waals surface area contributed by atoms with Crippen molar-refractivity contribution in [2.75, 3.05) is 33.7 Å². The summed E-state index contributed by atoms with van der Waals surface area (Å²) in [4.78, 5) is 23.8. The third-order valence-corrected chi connectivity index (χ3v) is 5.92. The minimum atomic E-state index is 0.227. The number of carbonyl (C=O) groups is 1. The second-order valence-corrected chi connectivity index (χ2v) is 8.05. The van der Waals surface area contributed by atoms with Gasteiger partial charge < -0.3 is 9.80 Å². The lowest BCUT2D eigenvalue weighted by atomic mass is 9.95. The average molecular weight is 334 g/mol. The molecule has 1 unspecified atom stereocenters. The van der Waals surface area contributed by atoms with Crippen molar-refractivity contribution in [3.8, 4) is 0 Å². The number of carbonyl (C=O) groups excluding carboxylic acids is 1. The lowest BCUT2D eigenvalue weighted by Crippen LogP contribution is -2.43. The van der Waals surface area contributed by atoms with Crippen LogP contribution in [-0.4, -0.2) is 58.8 Å². The minimum absolute atomic E-state index is 0.227. The molecule has 1 saturated heterocycles. The Morgan fingerprint density at radius 1 is 1.35 bits per heavy atom. The largest absolute Gasteiger partial charge is 0.341 e. The molecular formula is C17H26N4OS. The van der Waals surface area contributed by atoms with E-state index in [1.54, 1.807) is 0 Å². The Balaban J connectivity index is 1.87. The molecule has 0 saturated carbocycles. The first kappa shape index (κ1) is 16.5. The van der Waals surface area contributed by atoms with E-state index < -0.39 is 0 Å². The molecule has 0 bridgehead atoms. The summed E-state index contributed by atoms with van der Waals surface area (Å²) in [6.07, 6.45) is 2.18. The molecule has 1 atom stereocenters. The summed E-state index contributed by atoms with van der Waals surface area (Å²) in [7, 11) is 3.89. The molecule has 0 aromatic carbocycles. The lowest BCUT2D eigenvalue weighted by molar-refractivity contribution is -0.133. The molecule has 2 aromatic heterocycles. The molecule has 3 rings (SSSR count). The molecule has 23 heavy (non-hydrogen) atoms. The molecular weight excluding hydrogens is 308 g/mol. The molecule has 1 amide bonds. The van der Waals surface area contributed by atoms with Crippen LogP contribution in [-0.2, 0) is 4.79 Å². The number of thiazole rings is 1. The number of nitrogens with zero attached hydrogens (tertiary/aromatic N) is 4. The molecule has 3 heterocycles. The fraction of sp³-hybridized carbons (Fsp3) is 0.647. The van der Waals surface area contributed by atoms with Gasteiger partial charge in [-0.2, -0.15) is 0 Å². The maximum atomic E-state index is 12.4. The highest BCUT2D eigenvalue weighted by molar-refractivity contribution is 7.17. The predicted octanol–water partition coefficient (Wildman–Crippen LogP) is 2.59. The van der Waals surface area contributed by atoms with Crippen molar-refractivity contribution in [1.29, 1.82) is 0 Å². The molecule has 2 aromatic rings. The van der Waals surface area contributed by atoms with E-state index in [9.17, 15) is 4.79 Å². The van der Waals surface area contributed by atoms with Gasteiger partial charge in [0.25, 0.3) is 0 Å². The Morgan fingerprint density at radius 3 is 2.78 bits per heavy atom. The van der Waals surface area contributed by atoms with Gasteiger partial charge in [0.1, 0.15) is 10.7 Å². The molecule has 126 valence electrons. The van der Waals surface area contributed by atoms with Gasteiger partial charge in [-0.05, 0) is 47.7 Å². The van der Waals surface area contributed by atoms with Crippen molar-refractivity contribution < 1.29 is 4.79 Å². The normalized spacial score (nSPS) is 19.0. The Morgan fingerprint density at radius 2 is 2.09 bits per heavy atom. The summed E-state index contributed by atoms with van der Waals surface area (Å²) in [5.74, 6) is 1.65. The van der Waals surface area contributed by atoms with Crippen LogP contribution in [0.2, 0.25) is 0 Å². The van der Waals surface area contributed by atoms with Crippen LogP contribution in [0.15, 0.2) is 0 Å². The second kappa shape index (κ2) is 6.24. The summed E-state index contributed by atoms with van der Waals surface area (Å²) >= 11 is 1.83. The zero-order chi connectivity index (χ0) is 16.7. The van der Waals surface area contributed by atoms with Gasteiger partial charge in [0.05, 0.1) is 12.2 Å². The lowest BCUT2D eigenvalue weighted by Gasteiger charge is -2.32. The molecule has 1 aliphatic rings. The van der Waals surface area contributed by atoms with Gasteiger partial charge in [0.15, 0.2) is 0 Å². The number of imidazole rings is 1. The number of likely N-dealkylation sites (N-methyl/N-ethyl adjacent to an activating group) is 1. The van der Waals surface area contributed by atoms with Crippen molar-refractivity contribution in [2.24, 2.45) is 0 Å². The van der Waals surface area contributed by atoms with Gasteiger partial charge in [-0.3, -0.25) is 9.20 Å². The molecule has 0 radical (unpaired) electrons. The summed E-state index contributed by atoms with van der Waals surface area (Å²) in [5.41, 5.74) is 2.48. The van der Waals surface area contributed by atoms with Crippen LogP contribution in [0.3, 0.4) is 0 Å². The maximum absolute atomic E-state index is 12.4. The van der Waals surface area contributed by atoms with Crippen LogP contribution in [0.4, 0.5) is 0 Å². The highest BCUT2D eigenvalue weighted by Crippen LogP contribution is 2.34. The van der Waals surface area contributed by atoms with E-state index >= 15 is 0 Å². The van der Waals surface area contributed by atoms with Gasteiger partial charge in [-0.25, -0.2) is 4.98 Å².